The Morgan fingerprint density at radius 3 is 2.64 bits per heavy atom. The van der Waals surface area contributed by atoms with E-state index in [1.807, 2.05) is 0 Å². The lowest BCUT2D eigenvalue weighted by molar-refractivity contribution is -0.114. The van der Waals surface area contributed by atoms with Gasteiger partial charge in [-0.15, -0.1) is 0 Å². The van der Waals surface area contributed by atoms with Crippen LogP contribution in [0.1, 0.15) is 6.92 Å². The summed E-state index contributed by atoms with van der Waals surface area (Å²) in [5.74, 6) is 0.966. The van der Waals surface area contributed by atoms with Crippen LogP contribution in [0.2, 0.25) is 0 Å². The number of carbonyl (C=O) groups is 1. The van der Waals surface area contributed by atoms with E-state index in [0.717, 1.165) is 0 Å². The predicted molar refractivity (Wildman–Crippen MR) is 52.7 cm³/mol. The van der Waals surface area contributed by atoms with Crippen molar-refractivity contribution >= 4 is 11.6 Å². The van der Waals surface area contributed by atoms with Crippen molar-refractivity contribution in [3.05, 3.63) is 18.2 Å². The van der Waals surface area contributed by atoms with Gasteiger partial charge in [-0.1, -0.05) is 0 Å². The first-order chi connectivity index (χ1) is 6.67. The summed E-state index contributed by atoms with van der Waals surface area (Å²) in [6, 6.07) is 6.12. The van der Waals surface area contributed by atoms with Crippen LogP contribution >= 0.6 is 0 Å². The minimum Gasteiger partial charge on any atom is -0.496 e. The second kappa shape index (κ2) is 4.50. The lowest BCUT2D eigenvalue weighted by atomic mass is 10.2. The van der Waals surface area contributed by atoms with Crippen LogP contribution in [-0.2, 0) is 4.79 Å². The zero-order chi connectivity index (χ0) is 10.6. The van der Waals surface area contributed by atoms with Gasteiger partial charge in [0, 0.05) is 19.1 Å². The highest BCUT2D eigenvalue weighted by Crippen LogP contribution is 2.28. The Bertz CT molecular complexity index is 336. The van der Waals surface area contributed by atoms with Crippen molar-refractivity contribution in [2.45, 2.75) is 6.92 Å². The van der Waals surface area contributed by atoms with E-state index < -0.39 is 0 Å². The molecule has 0 aliphatic carbocycles. The van der Waals surface area contributed by atoms with Crippen molar-refractivity contribution in [2.75, 3.05) is 19.5 Å². The molecule has 4 heteroatoms. The Labute approximate surface area is 82.8 Å². The van der Waals surface area contributed by atoms with Crippen LogP contribution in [0, 0.1) is 6.07 Å². The molecule has 0 unspecified atom stereocenters. The highest BCUT2D eigenvalue weighted by atomic mass is 16.5. The Morgan fingerprint density at radius 1 is 1.43 bits per heavy atom. The van der Waals surface area contributed by atoms with E-state index in [9.17, 15) is 4.79 Å². The molecule has 4 nitrogen and oxygen atoms in total. The lowest BCUT2D eigenvalue weighted by Gasteiger charge is -2.09. The first-order valence-corrected chi connectivity index (χ1v) is 4.08. The molecule has 0 saturated heterocycles. The zero-order valence-corrected chi connectivity index (χ0v) is 8.38. The monoisotopic (exact) mass is 194 g/mol. The summed E-state index contributed by atoms with van der Waals surface area (Å²) in [5.41, 5.74) is 0.584. The molecule has 0 bridgehead atoms. The number of methoxy groups -OCH3 is 2. The standard InChI is InChI=1S/C10H12NO3/c1-7(12)11-9-5-4-8(13-2)6-10(9)14-3/h5-6H,1-3H3,(H,11,12). The summed E-state index contributed by atoms with van der Waals surface area (Å²) in [4.78, 5) is 10.8. The van der Waals surface area contributed by atoms with Crippen molar-refractivity contribution in [2.24, 2.45) is 0 Å². The number of nitrogens with one attached hydrogen (secondary N) is 1. The van der Waals surface area contributed by atoms with E-state index in [0.29, 0.717) is 17.2 Å². The van der Waals surface area contributed by atoms with Gasteiger partial charge in [0.05, 0.1) is 19.9 Å². The largest absolute Gasteiger partial charge is 0.496 e. The van der Waals surface area contributed by atoms with Gasteiger partial charge in [0.25, 0.3) is 0 Å². The molecule has 0 saturated carbocycles. The summed E-state index contributed by atoms with van der Waals surface area (Å²) in [6.07, 6.45) is 0. The molecule has 1 amide bonds. The van der Waals surface area contributed by atoms with Crippen molar-refractivity contribution in [3.63, 3.8) is 0 Å². The van der Waals surface area contributed by atoms with E-state index in [4.69, 9.17) is 9.47 Å². The number of benzene rings is 1. The van der Waals surface area contributed by atoms with Crippen molar-refractivity contribution in [3.8, 4) is 11.5 Å². The van der Waals surface area contributed by atoms with E-state index in [-0.39, 0.29) is 5.91 Å². The quantitative estimate of drug-likeness (QED) is 0.792. The molecule has 14 heavy (non-hydrogen) atoms. The Kier molecular flexibility index (Phi) is 3.34. The lowest BCUT2D eigenvalue weighted by Crippen LogP contribution is -2.07. The molecule has 1 aromatic carbocycles. The van der Waals surface area contributed by atoms with Gasteiger partial charge >= 0.3 is 0 Å². The normalized spacial score (nSPS) is 9.36. The van der Waals surface area contributed by atoms with Gasteiger partial charge in [-0.25, -0.2) is 0 Å². The minimum atomic E-state index is -0.151. The summed E-state index contributed by atoms with van der Waals surface area (Å²) in [6.45, 7) is 1.43. The van der Waals surface area contributed by atoms with E-state index in [1.54, 1.807) is 19.2 Å². The third-order valence-electron chi connectivity index (χ3n) is 1.64. The second-order valence-electron chi connectivity index (χ2n) is 2.66. The molecular weight excluding hydrogens is 182 g/mol. The Morgan fingerprint density at radius 2 is 2.14 bits per heavy atom. The number of amides is 1. The van der Waals surface area contributed by atoms with Crippen LogP contribution < -0.4 is 14.8 Å². The van der Waals surface area contributed by atoms with Gasteiger partial charge in [0.15, 0.2) is 0 Å². The maximum atomic E-state index is 10.8. The highest BCUT2D eigenvalue weighted by Gasteiger charge is 2.05. The van der Waals surface area contributed by atoms with Gasteiger partial charge in [0.2, 0.25) is 5.91 Å². The van der Waals surface area contributed by atoms with Crippen LogP contribution in [-0.4, -0.2) is 20.1 Å². The average Bonchev–Trinajstić information content (AvgIpc) is 2.17. The van der Waals surface area contributed by atoms with Crippen LogP contribution in [0.5, 0.6) is 11.5 Å². The molecule has 0 aliphatic rings. The van der Waals surface area contributed by atoms with Crippen LogP contribution in [0.4, 0.5) is 5.69 Å². The fourth-order valence-electron chi connectivity index (χ4n) is 1.03. The van der Waals surface area contributed by atoms with Gasteiger partial charge in [-0.05, 0) is 6.07 Å². The SMILES string of the molecule is COc1[c]cc(NC(C)=O)c(OC)c1. The fourth-order valence-corrected chi connectivity index (χ4v) is 1.03. The number of carbonyl (C=O) groups excluding carboxylic acids is 1. The van der Waals surface area contributed by atoms with Gasteiger partial charge in [0.1, 0.15) is 11.5 Å². The van der Waals surface area contributed by atoms with Crippen LogP contribution in [0.25, 0.3) is 0 Å². The molecule has 1 aromatic rings. The van der Waals surface area contributed by atoms with Gasteiger partial charge in [-0.2, -0.15) is 0 Å². The molecule has 1 rings (SSSR count). The van der Waals surface area contributed by atoms with E-state index in [2.05, 4.69) is 11.4 Å². The molecule has 0 heterocycles. The molecule has 75 valence electrons. The molecule has 0 fully saturated rings. The summed E-state index contributed by atoms with van der Waals surface area (Å²) < 4.78 is 10.0. The van der Waals surface area contributed by atoms with Crippen LogP contribution in [0.3, 0.4) is 0 Å². The highest BCUT2D eigenvalue weighted by molar-refractivity contribution is 5.90. The topological polar surface area (TPSA) is 47.6 Å². The number of anilines is 1. The average molecular weight is 194 g/mol. The number of ether oxygens (including phenoxy) is 2. The molecule has 1 radical (unpaired) electrons. The second-order valence-corrected chi connectivity index (χ2v) is 2.66. The van der Waals surface area contributed by atoms with Gasteiger partial charge in [-0.3, -0.25) is 4.79 Å². The summed E-state index contributed by atoms with van der Waals surface area (Å²) in [5, 5.41) is 2.62. The maximum absolute atomic E-state index is 10.8. The van der Waals surface area contributed by atoms with E-state index >= 15 is 0 Å². The zero-order valence-electron chi connectivity index (χ0n) is 8.38. The fraction of sp³-hybridized carbons (Fsp3) is 0.300. The number of hydrogen-bond donors (Lipinski definition) is 1. The first-order valence-electron chi connectivity index (χ1n) is 4.08. The van der Waals surface area contributed by atoms with E-state index in [1.165, 1.54) is 14.0 Å². The summed E-state index contributed by atoms with van der Waals surface area (Å²) >= 11 is 0. The predicted octanol–water partition coefficient (Wildman–Crippen LogP) is 1.46. The summed E-state index contributed by atoms with van der Waals surface area (Å²) in [7, 11) is 3.07. The third-order valence-corrected chi connectivity index (χ3v) is 1.64. The van der Waals surface area contributed by atoms with Crippen LogP contribution in [0.15, 0.2) is 12.1 Å². The smallest absolute Gasteiger partial charge is 0.221 e. The minimum absolute atomic E-state index is 0.151. The van der Waals surface area contributed by atoms with Crippen molar-refractivity contribution in [1.82, 2.24) is 0 Å². The molecule has 0 aliphatic heterocycles. The first kappa shape index (κ1) is 10.4. The number of hydrogen-bond acceptors (Lipinski definition) is 3. The van der Waals surface area contributed by atoms with Crippen molar-refractivity contribution < 1.29 is 14.3 Å². The molecule has 0 spiro atoms. The molecular formula is C10H12NO3. The number of rotatable bonds is 3. The third kappa shape index (κ3) is 2.39. The Hall–Kier alpha value is -1.71. The Balaban J connectivity index is 2.98. The molecule has 1 N–H and O–H groups in total. The van der Waals surface area contributed by atoms with Crippen molar-refractivity contribution in [1.29, 1.82) is 0 Å². The maximum Gasteiger partial charge on any atom is 0.221 e. The van der Waals surface area contributed by atoms with Gasteiger partial charge < -0.3 is 14.8 Å². The molecule has 0 atom stereocenters. The molecule has 0 aromatic heterocycles.